The van der Waals surface area contributed by atoms with E-state index in [0.717, 1.165) is 61.4 Å². The number of alkyl halides is 3. The van der Waals surface area contributed by atoms with E-state index < -0.39 is 31.6 Å². The summed E-state index contributed by atoms with van der Waals surface area (Å²) in [5.41, 5.74) is 2.92. The standard InChI is InChI=1S/C16H21N3O.C15H19N3O.C14H20N4O2S.C13H13F4N3O2S/c1-12(20)19-9-8-18(11-16(19,2)3)15-10-17-14-7-5-4-6-13(14)15;1-11-10-17(7-8-18(11)12(2)19)15-9-16-14-6-4-3-5-13(14)15;1-16(2)21(19,20)18-9-7-17(8-10-18)14-11-15-13-6-4-3-5-12(13)14;14-9-1-2-10-11(7-9)18-8-12(10)19-3-5-20(6-4-19)23(21,22)13(15,16)17/h4-7,10,17H,8-9,11H2,1-3H3;3-6,9,11,16H,7-8,10H2,1-2H3;3-6,11,15H,7-10H2,1-2H3;1-2,7-8,18H,3-6H2. The lowest BCUT2D eigenvalue weighted by Gasteiger charge is -2.47. The zero-order valence-corrected chi connectivity index (χ0v) is 49.4. The van der Waals surface area contributed by atoms with Crippen LogP contribution >= 0.6 is 0 Å². The molecule has 4 fully saturated rings. The van der Waals surface area contributed by atoms with Crippen LogP contribution in [0.3, 0.4) is 0 Å². The lowest BCUT2D eigenvalue weighted by molar-refractivity contribution is -0.134. The Bertz CT molecular complexity index is 3790. The Morgan fingerprint density at radius 1 is 0.542 bits per heavy atom. The number of benzene rings is 4. The molecule has 4 aliphatic heterocycles. The molecule has 0 bridgehead atoms. The van der Waals surface area contributed by atoms with Gasteiger partial charge in [0.15, 0.2) is 0 Å². The number of aromatic amines is 4. The van der Waals surface area contributed by atoms with Gasteiger partial charge in [-0.3, -0.25) is 9.59 Å². The Kier molecular flexibility index (Phi) is 17.8. The number of hydrogen-bond donors (Lipinski definition) is 4. The van der Waals surface area contributed by atoms with Gasteiger partial charge in [-0.05, 0) is 57.2 Å². The average molecular weight is 1190 g/mol. The van der Waals surface area contributed by atoms with Crippen molar-refractivity contribution >= 4 is 98.4 Å². The van der Waals surface area contributed by atoms with Crippen LogP contribution in [0, 0.1) is 5.82 Å². The number of para-hydroxylation sites is 3. The topological polar surface area (TPSA) is 195 Å². The molecule has 19 nitrogen and oxygen atoms in total. The fourth-order valence-corrected chi connectivity index (χ4v) is 13.6. The van der Waals surface area contributed by atoms with Crippen molar-refractivity contribution in [2.24, 2.45) is 0 Å². The van der Waals surface area contributed by atoms with Crippen LogP contribution in [0.15, 0.2) is 116 Å². The van der Waals surface area contributed by atoms with Crippen LogP contribution in [0.5, 0.6) is 0 Å². The van der Waals surface area contributed by atoms with Gasteiger partial charge in [-0.1, -0.05) is 54.6 Å². The second-order valence-electron chi connectivity index (χ2n) is 21.9. The Hall–Kier alpha value is -7.32. The first-order valence-corrected chi connectivity index (χ1v) is 30.4. The van der Waals surface area contributed by atoms with Gasteiger partial charge in [-0.15, -0.1) is 0 Å². The van der Waals surface area contributed by atoms with Crippen LogP contribution in [0.2, 0.25) is 0 Å². The number of sulfonamides is 1. The Morgan fingerprint density at radius 3 is 1.39 bits per heavy atom. The minimum absolute atomic E-state index is 0.125. The molecule has 8 heterocycles. The van der Waals surface area contributed by atoms with Gasteiger partial charge in [0, 0.05) is 188 Å². The van der Waals surface area contributed by atoms with Crippen LogP contribution in [-0.4, -0.2) is 194 Å². The minimum atomic E-state index is -5.29. The van der Waals surface area contributed by atoms with Gasteiger partial charge in [0.25, 0.3) is 10.2 Å². The molecular weight excluding hydrogens is 1110 g/mol. The number of nitrogens with one attached hydrogen (secondary N) is 4. The largest absolute Gasteiger partial charge is 0.511 e. The summed E-state index contributed by atoms with van der Waals surface area (Å²) in [4.78, 5) is 48.7. The quantitative estimate of drug-likeness (QED) is 0.113. The molecule has 4 aliphatic rings. The van der Waals surface area contributed by atoms with E-state index in [1.54, 1.807) is 49.4 Å². The number of carbonyl (C=O) groups is 2. The number of halogens is 4. The number of hydrogen-bond acceptors (Lipinski definition) is 10. The lowest BCUT2D eigenvalue weighted by Crippen LogP contribution is -2.60. The van der Waals surface area contributed by atoms with Gasteiger partial charge in [0.2, 0.25) is 11.8 Å². The summed E-state index contributed by atoms with van der Waals surface area (Å²) in [5.74, 6) is -0.0633. The first kappa shape index (κ1) is 60.3. The molecule has 8 aromatic rings. The van der Waals surface area contributed by atoms with Gasteiger partial charge in [-0.25, -0.2) is 12.8 Å². The monoisotopic (exact) mass is 1190 g/mol. The highest BCUT2D eigenvalue weighted by atomic mass is 32.2. The van der Waals surface area contributed by atoms with Crippen molar-refractivity contribution < 1.29 is 44.0 Å². The summed E-state index contributed by atoms with van der Waals surface area (Å²) in [6, 6.07) is 29.3. The Labute approximate surface area is 481 Å². The second kappa shape index (κ2) is 24.5. The third kappa shape index (κ3) is 12.9. The maximum Gasteiger partial charge on any atom is 0.511 e. The van der Waals surface area contributed by atoms with E-state index in [9.17, 15) is 44.0 Å². The molecule has 25 heteroatoms. The number of anilines is 4. The molecule has 1 unspecified atom stereocenters. The smallest absolute Gasteiger partial charge is 0.367 e. The van der Waals surface area contributed by atoms with Crippen LogP contribution in [-0.2, 0) is 29.8 Å². The van der Waals surface area contributed by atoms with Crippen molar-refractivity contribution in [3.05, 3.63) is 122 Å². The van der Waals surface area contributed by atoms with E-state index in [2.05, 4.69) is 110 Å². The molecule has 0 radical (unpaired) electrons. The molecular formula is C58H73F4N13O6S2. The fraction of sp³-hybridized carbons (Fsp3) is 0.414. The summed E-state index contributed by atoms with van der Waals surface area (Å²) in [7, 11) is -5.45. The van der Waals surface area contributed by atoms with E-state index in [0.29, 0.717) is 41.7 Å². The summed E-state index contributed by atoms with van der Waals surface area (Å²) in [5, 5.41) is 4.42. The predicted molar refractivity (Wildman–Crippen MR) is 321 cm³/mol. The average Bonchev–Trinajstić information content (AvgIpc) is 4.46. The third-order valence-corrected chi connectivity index (χ3v) is 19.5. The molecule has 0 spiro atoms. The zero-order chi connectivity index (χ0) is 59.6. The normalized spacial score (nSPS) is 18.5. The maximum atomic E-state index is 13.2. The van der Waals surface area contributed by atoms with E-state index in [1.807, 2.05) is 46.3 Å². The van der Waals surface area contributed by atoms with Gasteiger partial charge in [0.1, 0.15) is 5.82 Å². The predicted octanol–water partition coefficient (Wildman–Crippen LogP) is 8.21. The summed E-state index contributed by atoms with van der Waals surface area (Å²) < 4.78 is 101. The zero-order valence-electron chi connectivity index (χ0n) is 47.7. The number of fused-ring (bicyclic) bond motifs is 4. The molecule has 2 amide bonds. The Morgan fingerprint density at radius 2 is 0.952 bits per heavy atom. The number of rotatable bonds is 7. The van der Waals surface area contributed by atoms with Crippen molar-refractivity contribution in [2.45, 2.75) is 51.7 Å². The van der Waals surface area contributed by atoms with Crippen molar-refractivity contribution in [3.63, 3.8) is 0 Å². The second-order valence-corrected chi connectivity index (χ2v) is 26.0. The first-order chi connectivity index (χ1) is 39.3. The van der Waals surface area contributed by atoms with Crippen molar-refractivity contribution in [3.8, 4) is 0 Å². The van der Waals surface area contributed by atoms with Gasteiger partial charge in [0.05, 0.1) is 33.8 Å². The number of carbonyl (C=O) groups excluding carboxylic acids is 2. The minimum Gasteiger partial charge on any atom is -0.367 e. The molecule has 446 valence electrons. The van der Waals surface area contributed by atoms with E-state index >= 15 is 0 Å². The number of piperazine rings is 4. The molecule has 4 aromatic carbocycles. The number of aromatic nitrogens is 4. The third-order valence-electron chi connectivity index (χ3n) is 15.9. The van der Waals surface area contributed by atoms with Crippen LogP contribution < -0.4 is 19.6 Å². The molecule has 83 heavy (non-hydrogen) atoms. The van der Waals surface area contributed by atoms with Crippen molar-refractivity contribution in [2.75, 3.05) is 125 Å². The maximum absolute atomic E-state index is 13.2. The van der Waals surface area contributed by atoms with Crippen LogP contribution in [0.4, 0.5) is 40.3 Å². The number of nitrogens with zero attached hydrogens (tertiary/aromatic N) is 9. The lowest BCUT2D eigenvalue weighted by atomic mass is 9.98. The molecule has 1 atom stereocenters. The summed E-state index contributed by atoms with van der Waals surface area (Å²) >= 11 is 0. The summed E-state index contributed by atoms with van der Waals surface area (Å²) in [6.45, 7) is 17.0. The number of amides is 2. The highest BCUT2D eigenvalue weighted by Gasteiger charge is 2.50. The molecule has 4 N–H and O–H groups in total. The number of H-pyrrole nitrogens is 4. The van der Waals surface area contributed by atoms with Crippen molar-refractivity contribution in [1.82, 2.24) is 42.7 Å². The molecule has 12 rings (SSSR count). The first-order valence-electron chi connectivity index (χ1n) is 27.6. The SMILES string of the molecule is CC(=O)N1CCN(c2c[nH]c3ccccc23)CC1(C)C.CC(=O)N1CCN(c2c[nH]c3ccccc23)CC1C.CN(C)S(=O)(=O)N1CCN(c2c[nH]c3ccccc23)CC1.O=S(=O)(N1CCN(c2c[nH]c3cc(F)ccc23)CC1)C(F)(F)F. The van der Waals surface area contributed by atoms with Crippen LogP contribution in [0.25, 0.3) is 43.6 Å². The fourth-order valence-electron chi connectivity index (χ4n) is 11.6. The molecule has 4 aromatic heterocycles. The highest BCUT2D eigenvalue weighted by molar-refractivity contribution is 7.90. The van der Waals surface area contributed by atoms with E-state index in [-0.39, 0.29) is 49.6 Å². The van der Waals surface area contributed by atoms with E-state index in [1.165, 1.54) is 49.5 Å². The Balaban J connectivity index is 0.000000133. The molecule has 0 saturated carbocycles. The summed E-state index contributed by atoms with van der Waals surface area (Å²) in [6.07, 6.45) is 7.78. The van der Waals surface area contributed by atoms with E-state index in [4.69, 9.17) is 0 Å². The van der Waals surface area contributed by atoms with Gasteiger partial charge < -0.3 is 49.3 Å². The molecule has 4 saturated heterocycles. The van der Waals surface area contributed by atoms with Crippen LogP contribution in [0.1, 0.15) is 34.6 Å². The van der Waals surface area contributed by atoms with Gasteiger partial charge in [-0.2, -0.15) is 34.5 Å². The van der Waals surface area contributed by atoms with Crippen molar-refractivity contribution in [1.29, 1.82) is 0 Å². The molecule has 0 aliphatic carbocycles. The van der Waals surface area contributed by atoms with Gasteiger partial charge >= 0.3 is 15.5 Å². The highest BCUT2D eigenvalue weighted by Crippen LogP contribution is 2.34.